The van der Waals surface area contributed by atoms with Crippen molar-refractivity contribution in [1.29, 1.82) is 0 Å². The molecule has 1 aromatic heterocycles. The summed E-state index contributed by atoms with van der Waals surface area (Å²) in [6.07, 6.45) is 3.23. The fourth-order valence-corrected chi connectivity index (χ4v) is 4.03. The van der Waals surface area contributed by atoms with Crippen molar-refractivity contribution in [3.8, 4) is 0 Å². The summed E-state index contributed by atoms with van der Waals surface area (Å²) in [6.45, 7) is 5.65. The Balaban J connectivity index is 0.000000318. The highest BCUT2D eigenvalue weighted by Crippen LogP contribution is 2.29. The number of likely N-dealkylation sites (tertiary alicyclic amines) is 1. The topological polar surface area (TPSA) is 90.7 Å². The third-order valence-electron chi connectivity index (χ3n) is 5.82. The highest BCUT2D eigenvalue weighted by Gasteiger charge is 2.38. The van der Waals surface area contributed by atoms with Gasteiger partial charge in [-0.2, -0.15) is 18.3 Å². The third-order valence-corrected chi connectivity index (χ3v) is 5.82. The molecule has 1 atom stereocenters. The Morgan fingerprint density at radius 1 is 1.20 bits per heavy atom. The number of carbonyl (C=O) groups is 2. The Morgan fingerprint density at radius 2 is 1.87 bits per heavy atom. The lowest BCUT2D eigenvalue weighted by atomic mass is 9.85. The van der Waals surface area contributed by atoms with Crippen LogP contribution < -0.4 is 5.32 Å². The minimum absolute atomic E-state index is 0.0901. The number of amides is 2. The number of alkyl halides is 3. The van der Waals surface area contributed by atoms with E-state index in [1.54, 1.807) is 0 Å². The van der Waals surface area contributed by atoms with Gasteiger partial charge < -0.3 is 15.3 Å². The number of hydrogen-bond acceptors (Lipinski definition) is 4. The molecule has 1 aromatic rings. The number of aromatic nitrogens is 2. The van der Waals surface area contributed by atoms with Crippen molar-refractivity contribution >= 4 is 12.0 Å². The molecule has 1 unspecified atom stereocenters. The molecule has 4 rings (SSSR count). The quantitative estimate of drug-likeness (QED) is 0.765. The average molecular weight is 431 g/mol. The van der Waals surface area contributed by atoms with Gasteiger partial charge in [0.25, 0.3) is 0 Å². The van der Waals surface area contributed by atoms with Crippen LogP contribution in [0.1, 0.15) is 43.8 Å². The second-order valence-corrected chi connectivity index (χ2v) is 8.10. The molecule has 0 bridgehead atoms. The molecule has 168 valence electrons. The van der Waals surface area contributed by atoms with E-state index in [0.29, 0.717) is 6.54 Å². The maximum Gasteiger partial charge on any atom is 0.490 e. The number of nitrogens with zero attached hydrogens (tertiary/aromatic N) is 4. The molecule has 1 saturated heterocycles. The summed E-state index contributed by atoms with van der Waals surface area (Å²) in [6, 6.07) is 2.45. The number of carboxylic acids is 1. The number of halogens is 3. The van der Waals surface area contributed by atoms with E-state index in [0.717, 1.165) is 44.9 Å². The zero-order valence-corrected chi connectivity index (χ0v) is 16.8. The summed E-state index contributed by atoms with van der Waals surface area (Å²) < 4.78 is 33.8. The normalized spacial score (nSPS) is 22.0. The van der Waals surface area contributed by atoms with Crippen molar-refractivity contribution in [3.05, 3.63) is 18.0 Å². The molecule has 1 aliphatic carbocycles. The first-order valence-electron chi connectivity index (χ1n) is 10.3. The van der Waals surface area contributed by atoms with Crippen LogP contribution >= 0.6 is 0 Å². The van der Waals surface area contributed by atoms with Crippen LogP contribution in [-0.2, 0) is 11.3 Å². The van der Waals surface area contributed by atoms with Crippen LogP contribution in [0.15, 0.2) is 12.3 Å². The van der Waals surface area contributed by atoms with Crippen LogP contribution in [0.2, 0.25) is 0 Å². The van der Waals surface area contributed by atoms with Crippen LogP contribution in [0.25, 0.3) is 0 Å². The van der Waals surface area contributed by atoms with E-state index in [9.17, 15) is 18.0 Å². The monoisotopic (exact) mass is 431 g/mol. The molecule has 2 fully saturated rings. The van der Waals surface area contributed by atoms with Crippen molar-refractivity contribution in [1.82, 2.24) is 24.9 Å². The van der Waals surface area contributed by atoms with Crippen LogP contribution in [0.4, 0.5) is 18.0 Å². The number of urea groups is 1. The Labute approximate surface area is 173 Å². The number of fused-ring (bicyclic) bond motifs is 1. The fourth-order valence-electron chi connectivity index (χ4n) is 4.03. The van der Waals surface area contributed by atoms with Crippen molar-refractivity contribution in [2.75, 3.05) is 32.7 Å². The lowest BCUT2D eigenvalue weighted by Crippen LogP contribution is -2.47. The first-order valence-corrected chi connectivity index (χ1v) is 10.3. The zero-order chi connectivity index (χ0) is 21.7. The van der Waals surface area contributed by atoms with Crippen LogP contribution in [0.3, 0.4) is 0 Å². The van der Waals surface area contributed by atoms with Crippen molar-refractivity contribution in [3.63, 3.8) is 0 Å². The average Bonchev–Trinajstić information content (AvgIpc) is 3.33. The maximum atomic E-state index is 12.2. The molecule has 11 heteroatoms. The van der Waals surface area contributed by atoms with Gasteiger partial charge in [0.05, 0.1) is 11.7 Å². The van der Waals surface area contributed by atoms with Gasteiger partial charge in [-0.3, -0.25) is 9.58 Å². The van der Waals surface area contributed by atoms with Gasteiger partial charge >= 0.3 is 18.2 Å². The third kappa shape index (κ3) is 5.87. The molecule has 2 N–H and O–H groups in total. The first kappa shape index (κ1) is 22.4. The van der Waals surface area contributed by atoms with Gasteiger partial charge in [0.15, 0.2) is 0 Å². The molecule has 0 spiro atoms. The molecule has 2 amide bonds. The molecule has 2 aliphatic heterocycles. The predicted octanol–water partition coefficient (Wildman–Crippen LogP) is 2.48. The van der Waals surface area contributed by atoms with Gasteiger partial charge in [0.1, 0.15) is 0 Å². The van der Waals surface area contributed by atoms with Gasteiger partial charge in [-0.25, -0.2) is 9.59 Å². The molecular weight excluding hydrogens is 403 g/mol. The van der Waals surface area contributed by atoms with E-state index >= 15 is 0 Å². The molecule has 30 heavy (non-hydrogen) atoms. The van der Waals surface area contributed by atoms with Crippen LogP contribution in [-0.4, -0.2) is 75.6 Å². The second-order valence-electron chi connectivity index (χ2n) is 8.10. The largest absolute Gasteiger partial charge is 0.490 e. The number of carboxylic acid groups (broad SMARTS) is 1. The summed E-state index contributed by atoms with van der Waals surface area (Å²) in [4.78, 5) is 25.6. The molecule has 1 saturated carbocycles. The zero-order valence-electron chi connectivity index (χ0n) is 16.8. The molecular formula is C19H28F3N5O3. The van der Waals surface area contributed by atoms with E-state index in [4.69, 9.17) is 9.90 Å². The number of aliphatic carboxylic acids is 1. The number of carbonyl (C=O) groups excluding carboxylic acids is 1. The minimum Gasteiger partial charge on any atom is -0.475 e. The lowest BCUT2D eigenvalue weighted by Gasteiger charge is -2.38. The second kappa shape index (κ2) is 9.67. The lowest BCUT2D eigenvalue weighted by molar-refractivity contribution is -0.192. The van der Waals surface area contributed by atoms with E-state index in [-0.39, 0.29) is 12.1 Å². The van der Waals surface area contributed by atoms with Crippen molar-refractivity contribution in [2.24, 2.45) is 5.92 Å². The van der Waals surface area contributed by atoms with Gasteiger partial charge in [0, 0.05) is 45.5 Å². The predicted molar refractivity (Wildman–Crippen MR) is 102 cm³/mol. The Morgan fingerprint density at radius 3 is 2.43 bits per heavy atom. The summed E-state index contributed by atoms with van der Waals surface area (Å²) in [5.41, 5.74) is 1.27. The number of rotatable bonds is 4. The molecule has 0 radical (unpaired) electrons. The Kier molecular flexibility index (Phi) is 7.22. The summed E-state index contributed by atoms with van der Waals surface area (Å²) in [7, 11) is 0. The smallest absolute Gasteiger partial charge is 0.475 e. The Hall–Kier alpha value is -2.30. The van der Waals surface area contributed by atoms with Gasteiger partial charge in [-0.1, -0.05) is 6.42 Å². The first-order chi connectivity index (χ1) is 14.2. The minimum atomic E-state index is -5.08. The molecule has 8 nitrogen and oxygen atoms in total. The standard InChI is InChI=1S/C17H27N5O.C2HF3O2/c23-17(21-8-1-2-9-21)18-10-16-13-20(11-14-4-3-5-14)12-15-6-7-19-22(15)16;3-2(4,5)1(6)7/h6-7,14,16H,1-5,8-13H2,(H,18,23);(H,6,7). The van der Waals surface area contributed by atoms with E-state index in [1.807, 2.05) is 11.1 Å². The maximum absolute atomic E-state index is 12.2. The molecule has 3 heterocycles. The Bertz CT molecular complexity index is 729. The molecule has 0 aromatic carbocycles. The van der Waals surface area contributed by atoms with Crippen molar-refractivity contribution < 1.29 is 27.9 Å². The summed E-state index contributed by atoms with van der Waals surface area (Å²) in [5, 5.41) is 14.7. The fraction of sp³-hybridized carbons (Fsp3) is 0.737. The van der Waals surface area contributed by atoms with E-state index in [1.165, 1.54) is 31.5 Å². The van der Waals surface area contributed by atoms with Crippen LogP contribution in [0.5, 0.6) is 0 Å². The molecule has 3 aliphatic rings. The van der Waals surface area contributed by atoms with Gasteiger partial charge in [-0.05, 0) is 37.7 Å². The summed E-state index contributed by atoms with van der Waals surface area (Å²) >= 11 is 0. The van der Waals surface area contributed by atoms with Crippen LogP contribution in [0, 0.1) is 5.92 Å². The SMILES string of the molecule is O=C(NCC1CN(CC2CCC2)Cc2ccnn21)N1CCCC1.O=C(O)C(F)(F)F. The van der Waals surface area contributed by atoms with E-state index in [2.05, 4.69) is 26.1 Å². The number of hydrogen-bond donors (Lipinski definition) is 2. The highest BCUT2D eigenvalue weighted by molar-refractivity contribution is 5.74. The highest BCUT2D eigenvalue weighted by atomic mass is 19.4. The number of nitrogens with one attached hydrogen (secondary N) is 1. The van der Waals surface area contributed by atoms with Gasteiger partial charge in [-0.15, -0.1) is 0 Å². The summed E-state index contributed by atoms with van der Waals surface area (Å²) in [5.74, 6) is -1.88. The van der Waals surface area contributed by atoms with Gasteiger partial charge in [0.2, 0.25) is 0 Å². The van der Waals surface area contributed by atoms with Crippen molar-refractivity contribution in [2.45, 2.75) is 50.9 Å². The van der Waals surface area contributed by atoms with E-state index < -0.39 is 12.1 Å².